The van der Waals surface area contributed by atoms with Crippen LogP contribution in [0.5, 0.6) is 0 Å². The Morgan fingerprint density at radius 3 is 1.02 bits per heavy atom. The number of rotatable bonds is 2. The van der Waals surface area contributed by atoms with Crippen LogP contribution in [0.1, 0.15) is 26.3 Å². The molecular formula is C52H34. The molecule has 0 radical (unpaired) electrons. The highest BCUT2D eigenvalue weighted by molar-refractivity contribution is 6.32. The largest absolute Gasteiger partial charge is 0.0610 e. The summed E-state index contributed by atoms with van der Waals surface area (Å²) in [5.74, 6) is 0. The molecule has 0 aromatic heterocycles. The first-order valence-corrected chi connectivity index (χ1v) is 18.5. The van der Waals surface area contributed by atoms with Crippen LogP contribution in [-0.4, -0.2) is 0 Å². The summed E-state index contributed by atoms with van der Waals surface area (Å²) >= 11 is 0. The van der Waals surface area contributed by atoms with E-state index in [1.807, 2.05) is 0 Å². The minimum atomic E-state index is -0.0459. The summed E-state index contributed by atoms with van der Waals surface area (Å²) in [5.41, 5.74) is 6.56. The molecule has 12 rings (SSSR count). The molecule has 0 aliphatic heterocycles. The molecule has 0 N–H and O–H groups in total. The minimum absolute atomic E-state index is 0.0459. The van der Waals surface area contributed by atoms with Gasteiger partial charge in [0.05, 0.1) is 0 Å². The van der Waals surface area contributed by atoms with Gasteiger partial charge in [-0.05, 0) is 136 Å². The van der Waals surface area contributed by atoms with Crippen molar-refractivity contribution in [3.63, 3.8) is 0 Å². The van der Waals surface area contributed by atoms with Crippen molar-refractivity contribution in [2.24, 2.45) is 0 Å². The molecule has 12 aromatic carbocycles. The summed E-state index contributed by atoms with van der Waals surface area (Å²) in [4.78, 5) is 0. The summed E-state index contributed by atoms with van der Waals surface area (Å²) in [6, 6.07) is 58.0. The zero-order valence-electron chi connectivity index (χ0n) is 29.4. The van der Waals surface area contributed by atoms with Gasteiger partial charge < -0.3 is 0 Å². The summed E-state index contributed by atoms with van der Waals surface area (Å²) in [5, 5.41) is 24.0. The second kappa shape index (κ2) is 9.75. The third-order valence-corrected chi connectivity index (χ3v) is 12.2. The van der Waals surface area contributed by atoms with Gasteiger partial charge >= 0.3 is 0 Å². The number of hydrogen-bond donors (Lipinski definition) is 0. The quantitative estimate of drug-likeness (QED) is 0.162. The SMILES string of the molecule is CC(C)(C)c1cc(-c2ccc3ccc4cccc5ccc2c3c45)c2ccc3c(-c4ccc5ccc6cccc7ccc4c5c67)ccc4ccc1c2c43. The molecule has 0 saturated heterocycles. The Labute approximate surface area is 301 Å². The molecule has 0 aliphatic carbocycles. The van der Waals surface area contributed by atoms with E-state index in [0.717, 1.165) is 0 Å². The zero-order chi connectivity index (χ0) is 34.5. The van der Waals surface area contributed by atoms with E-state index in [4.69, 9.17) is 0 Å². The zero-order valence-corrected chi connectivity index (χ0v) is 29.4. The van der Waals surface area contributed by atoms with E-state index in [1.165, 1.54) is 125 Å². The van der Waals surface area contributed by atoms with Crippen molar-refractivity contribution in [3.05, 3.63) is 157 Å². The first kappa shape index (κ1) is 28.5. The van der Waals surface area contributed by atoms with Crippen molar-refractivity contribution in [2.45, 2.75) is 26.2 Å². The first-order chi connectivity index (χ1) is 25.4. The Kier molecular flexibility index (Phi) is 5.34. The second-order valence-corrected chi connectivity index (χ2v) is 16.0. The van der Waals surface area contributed by atoms with Gasteiger partial charge in [-0.15, -0.1) is 0 Å². The third-order valence-electron chi connectivity index (χ3n) is 12.2. The van der Waals surface area contributed by atoms with Crippen molar-refractivity contribution >= 4 is 97.0 Å². The van der Waals surface area contributed by atoms with Crippen molar-refractivity contribution in [1.82, 2.24) is 0 Å². The molecule has 0 spiro atoms. The maximum absolute atomic E-state index is 2.51. The fourth-order valence-corrected chi connectivity index (χ4v) is 9.92. The standard InChI is InChI=1S/C52H34/c1-52(2,3)45-28-44(38-22-16-34-13-11-30-7-5-9-32-18-24-40(38)49(34)47(30)32)42-27-26-41-37(21-15-35-19-25-43(45)51(42)50(35)41)36-20-14-33-12-10-29-6-4-8-31-17-23-39(36)48(33)46(29)31/h4-28H,1-3H3. The molecule has 12 aromatic rings. The average Bonchev–Trinajstić information content (AvgIpc) is 3.17. The Balaban J connectivity index is 1.20. The minimum Gasteiger partial charge on any atom is -0.0610 e. The Morgan fingerprint density at radius 1 is 0.269 bits per heavy atom. The third kappa shape index (κ3) is 3.62. The predicted octanol–water partition coefficient (Wildman–Crippen LogP) is 15.0. The van der Waals surface area contributed by atoms with Crippen LogP contribution >= 0.6 is 0 Å². The van der Waals surface area contributed by atoms with Gasteiger partial charge in [-0.25, -0.2) is 0 Å². The highest BCUT2D eigenvalue weighted by Gasteiger charge is 2.25. The molecule has 0 atom stereocenters. The Hall–Kier alpha value is -6.24. The van der Waals surface area contributed by atoms with Crippen LogP contribution in [0.2, 0.25) is 0 Å². The van der Waals surface area contributed by atoms with Gasteiger partial charge in [0.25, 0.3) is 0 Å². The molecule has 0 heterocycles. The Bertz CT molecular complexity index is 3390. The molecule has 0 heteroatoms. The first-order valence-electron chi connectivity index (χ1n) is 18.5. The van der Waals surface area contributed by atoms with Gasteiger partial charge in [-0.2, -0.15) is 0 Å². The van der Waals surface area contributed by atoms with Crippen LogP contribution in [-0.2, 0) is 5.41 Å². The molecule has 242 valence electrons. The number of hydrogen-bond acceptors (Lipinski definition) is 0. The van der Waals surface area contributed by atoms with Crippen molar-refractivity contribution in [1.29, 1.82) is 0 Å². The van der Waals surface area contributed by atoms with E-state index in [0.29, 0.717) is 0 Å². The fourth-order valence-electron chi connectivity index (χ4n) is 9.92. The summed E-state index contributed by atoms with van der Waals surface area (Å²) in [6.45, 7) is 7.09. The van der Waals surface area contributed by atoms with Crippen LogP contribution in [0.15, 0.2) is 152 Å². The fraction of sp³-hybridized carbons (Fsp3) is 0.0769. The van der Waals surface area contributed by atoms with E-state index in [1.54, 1.807) is 0 Å². The smallest absolute Gasteiger partial charge is 0.00174 e. The van der Waals surface area contributed by atoms with Crippen LogP contribution in [0.4, 0.5) is 0 Å². The molecule has 52 heavy (non-hydrogen) atoms. The molecule has 0 saturated carbocycles. The van der Waals surface area contributed by atoms with E-state index in [2.05, 4.69) is 172 Å². The number of benzene rings is 12. The molecule has 0 nitrogen and oxygen atoms in total. The maximum Gasteiger partial charge on any atom is -0.00174 e. The average molecular weight is 659 g/mol. The molecule has 0 fully saturated rings. The van der Waals surface area contributed by atoms with Crippen molar-refractivity contribution < 1.29 is 0 Å². The lowest BCUT2D eigenvalue weighted by molar-refractivity contribution is 0.596. The van der Waals surface area contributed by atoms with Crippen LogP contribution in [0.3, 0.4) is 0 Å². The topological polar surface area (TPSA) is 0 Å². The molecule has 0 unspecified atom stereocenters. The van der Waals surface area contributed by atoms with Crippen LogP contribution < -0.4 is 0 Å². The Morgan fingerprint density at radius 2 is 0.577 bits per heavy atom. The van der Waals surface area contributed by atoms with Gasteiger partial charge in [-0.1, -0.05) is 166 Å². The highest BCUT2D eigenvalue weighted by atomic mass is 14.3. The molecular weight excluding hydrogens is 625 g/mol. The van der Waals surface area contributed by atoms with Gasteiger partial charge in [0.2, 0.25) is 0 Å². The van der Waals surface area contributed by atoms with Crippen molar-refractivity contribution in [2.75, 3.05) is 0 Å². The van der Waals surface area contributed by atoms with Crippen LogP contribution in [0, 0.1) is 0 Å². The van der Waals surface area contributed by atoms with Crippen LogP contribution in [0.25, 0.3) is 119 Å². The van der Waals surface area contributed by atoms with E-state index < -0.39 is 0 Å². The van der Waals surface area contributed by atoms with Gasteiger partial charge in [-0.3, -0.25) is 0 Å². The summed E-state index contributed by atoms with van der Waals surface area (Å²) in [6.07, 6.45) is 0. The second-order valence-electron chi connectivity index (χ2n) is 16.0. The molecule has 0 amide bonds. The lowest BCUT2D eigenvalue weighted by Crippen LogP contribution is -2.12. The summed E-state index contributed by atoms with van der Waals surface area (Å²) in [7, 11) is 0. The monoisotopic (exact) mass is 658 g/mol. The van der Waals surface area contributed by atoms with Gasteiger partial charge in [0.1, 0.15) is 0 Å². The predicted molar refractivity (Wildman–Crippen MR) is 227 cm³/mol. The van der Waals surface area contributed by atoms with E-state index >= 15 is 0 Å². The lowest BCUT2D eigenvalue weighted by atomic mass is 9.77. The highest BCUT2D eigenvalue weighted by Crippen LogP contribution is 2.49. The van der Waals surface area contributed by atoms with Gasteiger partial charge in [0, 0.05) is 0 Å². The molecule has 0 aliphatic rings. The van der Waals surface area contributed by atoms with Gasteiger partial charge in [0.15, 0.2) is 0 Å². The lowest BCUT2D eigenvalue weighted by Gasteiger charge is -2.26. The summed E-state index contributed by atoms with van der Waals surface area (Å²) < 4.78 is 0. The van der Waals surface area contributed by atoms with E-state index in [-0.39, 0.29) is 5.41 Å². The normalized spacial score (nSPS) is 12.9. The maximum atomic E-state index is 2.51. The molecule has 0 bridgehead atoms. The van der Waals surface area contributed by atoms with E-state index in [9.17, 15) is 0 Å². The van der Waals surface area contributed by atoms with Crippen molar-refractivity contribution in [3.8, 4) is 22.3 Å².